The molecule has 0 radical (unpaired) electrons. The maximum absolute atomic E-state index is 12.5. The Hall–Kier alpha value is -2.17. The third-order valence-electron chi connectivity index (χ3n) is 3.25. The molecule has 2 heterocycles. The first-order valence-corrected chi connectivity index (χ1v) is 7.20. The van der Waals surface area contributed by atoms with Crippen molar-refractivity contribution in [3.63, 3.8) is 0 Å². The van der Waals surface area contributed by atoms with Gasteiger partial charge in [0.1, 0.15) is 0 Å². The monoisotopic (exact) mass is 288 g/mol. The van der Waals surface area contributed by atoms with E-state index in [0.29, 0.717) is 12.2 Å². The van der Waals surface area contributed by atoms with Gasteiger partial charge in [0.2, 0.25) is 0 Å². The summed E-state index contributed by atoms with van der Waals surface area (Å²) in [5.74, 6) is -0.257. The molecule has 5 heteroatoms. The average molecular weight is 288 g/mol. The van der Waals surface area contributed by atoms with Crippen LogP contribution in [0.1, 0.15) is 55.6 Å². The van der Waals surface area contributed by atoms with Crippen LogP contribution in [0.2, 0.25) is 0 Å². The van der Waals surface area contributed by atoms with Gasteiger partial charge < -0.3 is 4.74 Å². The van der Waals surface area contributed by atoms with E-state index in [-0.39, 0.29) is 30.5 Å². The zero-order valence-electron chi connectivity index (χ0n) is 12.6. The molecule has 0 spiro atoms. The first-order valence-electron chi connectivity index (χ1n) is 7.20. The summed E-state index contributed by atoms with van der Waals surface area (Å²) in [7, 11) is 0. The van der Waals surface area contributed by atoms with Crippen LogP contribution in [0.3, 0.4) is 0 Å². The molecular weight excluding hydrogens is 268 g/mol. The number of ether oxygens (including phenoxy) is 1. The Morgan fingerprint density at radius 3 is 2.71 bits per heavy atom. The SMILES string of the molecule is CCOC(=O)CCC(=O)c1c(C(C)C)nn2ccccc12. The van der Waals surface area contributed by atoms with Crippen molar-refractivity contribution >= 4 is 17.3 Å². The summed E-state index contributed by atoms with van der Waals surface area (Å²) in [6, 6.07) is 5.62. The van der Waals surface area contributed by atoms with Crippen molar-refractivity contribution in [2.24, 2.45) is 0 Å². The van der Waals surface area contributed by atoms with E-state index >= 15 is 0 Å². The van der Waals surface area contributed by atoms with Gasteiger partial charge in [-0.15, -0.1) is 0 Å². The van der Waals surface area contributed by atoms with Crippen LogP contribution in [0.5, 0.6) is 0 Å². The molecule has 0 saturated heterocycles. The van der Waals surface area contributed by atoms with E-state index in [1.54, 1.807) is 11.4 Å². The number of hydrogen-bond acceptors (Lipinski definition) is 4. The molecule has 2 aromatic rings. The predicted molar refractivity (Wildman–Crippen MR) is 79.5 cm³/mol. The number of Topliss-reactive ketones (excluding diaryl/α,β-unsaturated/α-hetero) is 1. The molecule has 0 aliphatic carbocycles. The standard InChI is InChI=1S/C16H20N2O3/c1-4-21-14(20)9-8-13(19)15-12-7-5-6-10-18(12)17-16(15)11(2)3/h5-7,10-11H,4,8-9H2,1-3H3. The van der Waals surface area contributed by atoms with Gasteiger partial charge in [0.15, 0.2) is 5.78 Å². The number of rotatable bonds is 6. The van der Waals surface area contributed by atoms with Crippen molar-refractivity contribution in [2.75, 3.05) is 6.61 Å². The fourth-order valence-electron chi connectivity index (χ4n) is 2.28. The molecule has 0 amide bonds. The molecule has 0 aliphatic rings. The molecule has 0 bridgehead atoms. The zero-order chi connectivity index (χ0) is 15.4. The fourth-order valence-corrected chi connectivity index (χ4v) is 2.28. The lowest BCUT2D eigenvalue weighted by Crippen LogP contribution is -2.09. The second-order valence-electron chi connectivity index (χ2n) is 5.17. The number of pyridine rings is 1. The lowest BCUT2D eigenvalue weighted by atomic mass is 9.99. The molecule has 21 heavy (non-hydrogen) atoms. The quantitative estimate of drug-likeness (QED) is 0.605. The summed E-state index contributed by atoms with van der Waals surface area (Å²) in [5.41, 5.74) is 2.18. The highest BCUT2D eigenvalue weighted by molar-refractivity contribution is 6.04. The Kier molecular flexibility index (Phi) is 4.73. The maximum atomic E-state index is 12.5. The lowest BCUT2D eigenvalue weighted by Gasteiger charge is -2.05. The van der Waals surface area contributed by atoms with Gasteiger partial charge in [-0.3, -0.25) is 9.59 Å². The van der Waals surface area contributed by atoms with Gasteiger partial charge in [0.25, 0.3) is 0 Å². The van der Waals surface area contributed by atoms with Crippen molar-refractivity contribution in [3.8, 4) is 0 Å². The molecule has 5 nitrogen and oxygen atoms in total. The minimum absolute atomic E-state index is 0.0621. The largest absolute Gasteiger partial charge is 0.466 e. The maximum Gasteiger partial charge on any atom is 0.306 e. The van der Waals surface area contributed by atoms with E-state index in [1.165, 1.54) is 0 Å². The van der Waals surface area contributed by atoms with Gasteiger partial charge in [-0.2, -0.15) is 5.10 Å². The minimum atomic E-state index is -0.339. The van der Waals surface area contributed by atoms with E-state index in [4.69, 9.17) is 4.74 Å². The van der Waals surface area contributed by atoms with Gasteiger partial charge in [0.05, 0.1) is 29.8 Å². The minimum Gasteiger partial charge on any atom is -0.466 e. The molecule has 0 aromatic carbocycles. The van der Waals surface area contributed by atoms with Gasteiger partial charge in [-0.25, -0.2) is 4.52 Å². The number of carbonyl (C=O) groups excluding carboxylic acids is 2. The molecular formula is C16H20N2O3. The highest BCUT2D eigenvalue weighted by Gasteiger charge is 2.21. The van der Waals surface area contributed by atoms with Crippen LogP contribution in [0, 0.1) is 0 Å². The Balaban J connectivity index is 2.29. The molecule has 0 unspecified atom stereocenters. The van der Waals surface area contributed by atoms with Crippen LogP contribution in [0.25, 0.3) is 5.52 Å². The molecule has 0 saturated carbocycles. The summed E-state index contributed by atoms with van der Waals surface area (Å²) in [6.45, 7) is 6.09. The van der Waals surface area contributed by atoms with E-state index in [0.717, 1.165) is 11.2 Å². The third kappa shape index (κ3) is 3.29. The average Bonchev–Trinajstić information content (AvgIpc) is 2.85. The van der Waals surface area contributed by atoms with Crippen LogP contribution < -0.4 is 0 Å². The number of carbonyl (C=O) groups is 2. The Morgan fingerprint density at radius 2 is 2.05 bits per heavy atom. The topological polar surface area (TPSA) is 60.7 Å². The second kappa shape index (κ2) is 6.52. The molecule has 2 rings (SSSR count). The molecule has 2 aromatic heterocycles. The summed E-state index contributed by atoms with van der Waals surface area (Å²) in [6.07, 6.45) is 2.08. The van der Waals surface area contributed by atoms with Crippen LogP contribution in [-0.4, -0.2) is 28.0 Å². The van der Waals surface area contributed by atoms with Crippen molar-refractivity contribution in [3.05, 3.63) is 35.7 Å². The lowest BCUT2D eigenvalue weighted by molar-refractivity contribution is -0.143. The summed E-state index contributed by atoms with van der Waals surface area (Å²) < 4.78 is 6.58. The van der Waals surface area contributed by atoms with E-state index in [2.05, 4.69) is 5.10 Å². The van der Waals surface area contributed by atoms with Crippen molar-refractivity contribution in [2.45, 2.75) is 39.5 Å². The number of nitrogens with zero attached hydrogens (tertiary/aromatic N) is 2. The highest BCUT2D eigenvalue weighted by atomic mass is 16.5. The number of hydrogen-bond donors (Lipinski definition) is 0. The van der Waals surface area contributed by atoms with Gasteiger partial charge in [-0.1, -0.05) is 19.9 Å². The van der Waals surface area contributed by atoms with Crippen molar-refractivity contribution in [1.82, 2.24) is 9.61 Å². The summed E-state index contributed by atoms with van der Waals surface area (Å²) in [5, 5.41) is 4.48. The van der Waals surface area contributed by atoms with Crippen molar-refractivity contribution < 1.29 is 14.3 Å². The summed E-state index contributed by atoms with van der Waals surface area (Å²) >= 11 is 0. The van der Waals surface area contributed by atoms with Crippen LogP contribution in [0.15, 0.2) is 24.4 Å². The first-order chi connectivity index (χ1) is 10.0. The Bertz CT molecular complexity index is 659. The molecule has 112 valence electrons. The number of aromatic nitrogens is 2. The molecule has 0 atom stereocenters. The highest BCUT2D eigenvalue weighted by Crippen LogP contribution is 2.24. The van der Waals surface area contributed by atoms with E-state index in [1.807, 2.05) is 38.2 Å². The number of ketones is 1. The van der Waals surface area contributed by atoms with Crippen LogP contribution in [-0.2, 0) is 9.53 Å². The van der Waals surface area contributed by atoms with Crippen molar-refractivity contribution in [1.29, 1.82) is 0 Å². The smallest absolute Gasteiger partial charge is 0.306 e. The second-order valence-corrected chi connectivity index (χ2v) is 5.17. The van der Waals surface area contributed by atoms with Gasteiger partial charge >= 0.3 is 5.97 Å². The van der Waals surface area contributed by atoms with Gasteiger partial charge in [-0.05, 0) is 25.0 Å². The number of fused-ring (bicyclic) bond motifs is 1. The van der Waals surface area contributed by atoms with E-state index < -0.39 is 0 Å². The molecule has 0 aliphatic heterocycles. The first kappa shape index (κ1) is 15.2. The third-order valence-corrected chi connectivity index (χ3v) is 3.25. The van der Waals surface area contributed by atoms with E-state index in [9.17, 15) is 9.59 Å². The predicted octanol–water partition coefficient (Wildman–Crippen LogP) is 2.98. The van der Waals surface area contributed by atoms with Crippen LogP contribution in [0.4, 0.5) is 0 Å². The van der Waals surface area contributed by atoms with Crippen LogP contribution >= 0.6 is 0 Å². The zero-order valence-corrected chi connectivity index (χ0v) is 12.6. The summed E-state index contributed by atoms with van der Waals surface area (Å²) in [4.78, 5) is 23.9. The normalized spacial score (nSPS) is 11.0. The molecule has 0 N–H and O–H groups in total. The number of esters is 1. The fraction of sp³-hybridized carbons (Fsp3) is 0.438. The molecule has 0 fully saturated rings. The Morgan fingerprint density at radius 1 is 1.29 bits per heavy atom. The Labute approximate surface area is 123 Å². The van der Waals surface area contributed by atoms with Gasteiger partial charge in [0, 0.05) is 12.6 Å².